The maximum atomic E-state index is 12.4. The van der Waals surface area contributed by atoms with Crippen molar-refractivity contribution in [3.05, 3.63) is 35.4 Å². The zero-order valence-electron chi connectivity index (χ0n) is 13.3. The Kier molecular flexibility index (Phi) is 5.80. The molecule has 1 fully saturated rings. The molecule has 0 bridgehead atoms. The Morgan fingerprint density at radius 1 is 1.33 bits per heavy atom. The number of nitrogens with zero attached hydrogens (tertiary/aromatic N) is 1. The van der Waals surface area contributed by atoms with Gasteiger partial charge in [0, 0.05) is 13.6 Å². The van der Waals surface area contributed by atoms with E-state index in [-0.39, 0.29) is 11.9 Å². The summed E-state index contributed by atoms with van der Waals surface area (Å²) in [5, 5.41) is 0. The number of rotatable bonds is 5. The quantitative estimate of drug-likeness (QED) is 0.904. The fraction of sp³-hybridized carbons (Fsp3) is 0.611. The lowest BCUT2D eigenvalue weighted by molar-refractivity contribution is -0.132. The van der Waals surface area contributed by atoms with Crippen molar-refractivity contribution >= 4 is 5.91 Å². The molecular weight excluding hydrogens is 260 g/mol. The molecule has 3 nitrogen and oxygen atoms in total. The molecule has 1 saturated carbocycles. The molecule has 3 heteroatoms. The van der Waals surface area contributed by atoms with Gasteiger partial charge in [-0.15, -0.1) is 0 Å². The molecule has 0 aromatic heterocycles. The van der Waals surface area contributed by atoms with Crippen molar-refractivity contribution in [1.29, 1.82) is 0 Å². The summed E-state index contributed by atoms with van der Waals surface area (Å²) in [5.74, 6) is 0.715. The maximum absolute atomic E-state index is 12.4. The van der Waals surface area contributed by atoms with Gasteiger partial charge in [0.2, 0.25) is 5.91 Å². The minimum Gasteiger partial charge on any atom is -0.340 e. The second kappa shape index (κ2) is 7.60. The van der Waals surface area contributed by atoms with Crippen LogP contribution >= 0.6 is 0 Å². The summed E-state index contributed by atoms with van der Waals surface area (Å²) >= 11 is 0. The minimum atomic E-state index is -0.345. The van der Waals surface area contributed by atoms with Crippen LogP contribution in [0.3, 0.4) is 0 Å². The second-order valence-electron chi connectivity index (χ2n) is 6.53. The van der Waals surface area contributed by atoms with Crippen LogP contribution in [-0.4, -0.2) is 23.9 Å². The maximum Gasteiger partial charge on any atom is 0.239 e. The number of nitrogens with two attached hydrogens (primary N) is 1. The number of carbonyl (C=O) groups excluding carboxylic acids is 1. The second-order valence-corrected chi connectivity index (χ2v) is 6.53. The van der Waals surface area contributed by atoms with Gasteiger partial charge in [-0.05, 0) is 24.8 Å². The number of amides is 1. The number of likely N-dealkylation sites (N-methyl/N-ethyl adjacent to an activating group) is 1. The SMILES string of the molecule is Cc1cccc(CN(C)C(=O)C(N)CC2CCCCC2)c1. The Balaban J connectivity index is 1.85. The van der Waals surface area contributed by atoms with Crippen molar-refractivity contribution in [2.75, 3.05) is 7.05 Å². The smallest absolute Gasteiger partial charge is 0.239 e. The monoisotopic (exact) mass is 288 g/mol. The summed E-state index contributed by atoms with van der Waals surface area (Å²) in [5.41, 5.74) is 8.53. The topological polar surface area (TPSA) is 46.3 Å². The van der Waals surface area contributed by atoms with Gasteiger partial charge in [0.15, 0.2) is 0 Å². The van der Waals surface area contributed by atoms with Gasteiger partial charge in [-0.25, -0.2) is 0 Å². The summed E-state index contributed by atoms with van der Waals surface area (Å²) in [6.07, 6.45) is 7.25. The zero-order chi connectivity index (χ0) is 15.2. The molecule has 0 radical (unpaired) electrons. The first-order valence-electron chi connectivity index (χ1n) is 8.12. The van der Waals surface area contributed by atoms with Gasteiger partial charge in [-0.2, -0.15) is 0 Å². The van der Waals surface area contributed by atoms with Gasteiger partial charge >= 0.3 is 0 Å². The van der Waals surface area contributed by atoms with Gasteiger partial charge in [0.05, 0.1) is 6.04 Å². The Bertz CT molecular complexity index is 466. The highest BCUT2D eigenvalue weighted by molar-refractivity contribution is 5.81. The molecule has 1 aromatic rings. The third-order valence-corrected chi connectivity index (χ3v) is 4.51. The number of hydrogen-bond acceptors (Lipinski definition) is 2. The number of hydrogen-bond donors (Lipinski definition) is 1. The van der Waals surface area contributed by atoms with E-state index in [1.54, 1.807) is 4.90 Å². The molecule has 1 aromatic carbocycles. The third kappa shape index (κ3) is 4.85. The van der Waals surface area contributed by atoms with Crippen LogP contribution < -0.4 is 5.73 Å². The Morgan fingerprint density at radius 2 is 2.05 bits per heavy atom. The van der Waals surface area contributed by atoms with Crippen molar-refractivity contribution < 1.29 is 4.79 Å². The summed E-state index contributed by atoms with van der Waals surface area (Å²) in [4.78, 5) is 14.2. The van der Waals surface area contributed by atoms with Crippen LogP contribution in [0.5, 0.6) is 0 Å². The summed E-state index contributed by atoms with van der Waals surface area (Å²) < 4.78 is 0. The standard InChI is InChI=1S/C18H28N2O/c1-14-7-6-10-16(11-14)13-20(2)18(21)17(19)12-15-8-4-3-5-9-15/h6-7,10-11,15,17H,3-5,8-9,12-13,19H2,1-2H3. The number of aryl methyl sites for hydroxylation is 1. The summed E-state index contributed by atoms with van der Waals surface area (Å²) in [7, 11) is 1.85. The van der Waals surface area contributed by atoms with Crippen molar-refractivity contribution in [3.63, 3.8) is 0 Å². The molecule has 21 heavy (non-hydrogen) atoms. The van der Waals surface area contributed by atoms with Crippen molar-refractivity contribution in [1.82, 2.24) is 4.90 Å². The molecule has 0 heterocycles. The van der Waals surface area contributed by atoms with Crippen LogP contribution in [0.4, 0.5) is 0 Å². The molecule has 1 unspecified atom stereocenters. The van der Waals surface area contributed by atoms with Crippen LogP contribution in [0.1, 0.15) is 49.7 Å². The lowest BCUT2D eigenvalue weighted by atomic mass is 9.85. The molecule has 1 aliphatic carbocycles. The molecule has 0 saturated heterocycles. The molecule has 0 spiro atoms. The first-order valence-corrected chi connectivity index (χ1v) is 8.12. The van der Waals surface area contributed by atoms with Crippen LogP contribution in [0.25, 0.3) is 0 Å². The van der Waals surface area contributed by atoms with E-state index in [9.17, 15) is 4.79 Å². The van der Waals surface area contributed by atoms with Gasteiger partial charge in [-0.3, -0.25) is 4.79 Å². The molecule has 2 rings (SSSR count). The van der Waals surface area contributed by atoms with Crippen molar-refractivity contribution in [3.8, 4) is 0 Å². The van der Waals surface area contributed by atoms with E-state index in [4.69, 9.17) is 5.73 Å². The van der Waals surface area contributed by atoms with E-state index in [2.05, 4.69) is 25.1 Å². The van der Waals surface area contributed by atoms with E-state index in [0.717, 1.165) is 12.0 Å². The normalized spacial score (nSPS) is 17.5. The number of benzene rings is 1. The van der Waals surface area contributed by atoms with Crippen LogP contribution in [0, 0.1) is 12.8 Å². The highest BCUT2D eigenvalue weighted by Gasteiger charge is 2.23. The first kappa shape index (κ1) is 16.0. The Labute approximate surface area is 128 Å². The molecular formula is C18H28N2O. The van der Waals surface area contributed by atoms with Gasteiger partial charge in [0.1, 0.15) is 0 Å². The van der Waals surface area contributed by atoms with E-state index >= 15 is 0 Å². The minimum absolute atomic E-state index is 0.0714. The molecule has 1 amide bonds. The molecule has 2 N–H and O–H groups in total. The van der Waals surface area contributed by atoms with E-state index in [1.807, 2.05) is 13.1 Å². The van der Waals surface area contributed by atoms with Gasteiger partial charge in [0.25, 0.3) is 0 Å². The van der Waals surface area contributed by atoms with E-state index in [1.165, 1.54) is 37.7 Å². The summed E-state index contributed by atoms with van der Waals surface area (Å²) in [6.45, 7) is 2.71. The average molecular weight is 288 g/mol. The largest absolute Gasteiger partial charge is 0.340 e. The number of carbonyl (C=O) groups is 1. The van der Waals surface area contributed by atoms with Gasteiger partial charge in [-0.1, -0.05) is 61.9 Å². The highest BCUT2D eigenvalue weighted by Crippen LogP contribution is 2.27. The summed E-state index contributed by atoms with van der Waals surface area (Å²) in [6, 6.07) is 7.94. The molecule has 116 valence electrons. The van der Waals surface area contributed by atoms with Crippen LogP contribution in [0.2, 0.25) is 0 Å². The predicted molar refractivity (Wildman–Crippen MR) is 86.8 cm³/mol. The zero-order valence-corrected chi connectivity index (χ0v) is 13.3. The Hall–Kier alpha value is -1.35. The predicted octanol–water partition coefficient (Wildman–Crippen LogP) is 3.25. The Morgan fingerprint density at radius 3 is 2.71 bits per heavy atom. The van der Waals surface area contributed by atoms with Crippen LogP contribution in [0.15, 0.2) is 24.3 Å². The average Bonchev–Trinajstić information content (AvgIpc) is 2.47. The van der Waals surface area contributed by atoms with Crippen LogP contribution in [-0.2, 0) is 11.3 Å². The van der Waals surface area contributed by atoms with Crippen molar-refractivity contribution in [2.45, 2.75) is 58.0 Å². The van der Waals surface area contributed by atoms with Crippen molar-refractivity contribution in [2.24, 2.45) is 11.7 Å². The van der Waals surface area contributed by atoms with E-state index in [0.29, 0.717) is 12.5 Å². The third-order valence-electron chi connectivity index (χ3n) is 4.51. The molecule has 0 aliphatic heterocycles. The lowest BCUT2D eigenvalue weighted by Crippen LogP contribution is -2.42. The highest BCUT2D eigenvalue weighted by atomic mass is 16.2. The van der Waals surface area contributed by atoms with E-state index < -0.39 is 0 Å². The molecule has 1 atom stereocenters. The fourth-order valence-electron chi connectivity index (χ4n) is 3.33. The molecule has 1 aliphatic rings. The first-order chi connectivity index (χ1) is 10.1. The fourth-order valence-corrected chi connectivity index (χ4v) is 3.33. The van der Waals surface area contributed by atoms with Gasteiger partial charge < -0.3 is 10.6 Å². The lowest BCUT2D eigenvalue weighted by Gasteiger charge is -2.27.